The molecule has 0 radical (unpaired) electrons. The lowest BCUT2D eigenvalue weighted by Crippen LogP contribution is -2.46. The van der Waals surface area contributed by atoms with E-state index in [1.54, 1.807) is 0 Å². The van der Waals surface area contributed by atoms with E-state index in [1.807, 2.05) is 0 Å². The molecule has 0 spiro atoms. The zero-order valence-electron chi connectivity index (χ0n) is 8.79. The maximum absolute atomic E-state index is 11.4. The number of piperidine rings is 1. The zero-order valence-corrected chi connectivity index (χ0v) is 8.79. The van der Waals surface area contributed by atoms with Crippen molar-refractivity contribution in [3.05, 3.63) is 0 Å². The van der Waals surface area contributed by atoms with E-state index >= 15 is 0 Å². The van der Waals surface area contributed by atoms with Gasteiger partial charge in [0, 0.05) is 6.04 Å². The predicted molar refractivity (Wildman–Crippen MR) is 53.9 cm³/mol. The van der Waals surface area contributed by atoms with Crippen LogP contribution in [0.25, 0.3) is 0 Å². The third kappa shape index (κ3) is 1.92. The van der Waals surface area contributed by atoms with Gasteiger partial charge in [-0.15, -0.1) is 0 Å². The molecule has 3 heteroatoms. The number of carbonyl (C=O) groups is 1. The van der Waals surface area contributed by atoms with Gasteiger partial charge < -0.3 is 10.1 Å². The molecule has 2 rings (SSSR count). The van der Waals surface area contributed by atoms with Crippen LogP contribution in [0.1, 0.15) is 32.1 Å². The summed E-state index contributed by atoms with van der Waals surface area (Å²) in [5, 5.41) is 3.52. The van der Waals surface area contributed by atoms with Crippen LogP contribution in [-0.2, 0) is 9.53 Å². The highest BCUT2D eigenvalue weighted by Crippen LogP contribution is 2.34. The molecule has 3 nitrogen and oxygen atoms in total. The third-order valence-electron chi connectivity index (χ3n) is 3.69. The summed E-state index contributed by atoms with van der Waals surface area (Å²) in [6.07, 6.45) is 5.83. The highest BCUT2D eigenvalue weighted by Gasteiger charge is 2.35. The van der Waals surface area contributed by atoms with Gasteiger partial charge in [-0.25, -0.2) is 0 Å². The molecule has 1 aliphatic heterocycles. The number of hydrogen-bond acceptors (Lipinski definition) is 3. The van der Waals surface area contributed by atoms with Crippen LogP contribution >= 0.6 is 0 Å². The fourth-order valence-corrected chi connectivity index (χ4v) is 2.86. The second kappa shape index (κ2) is 4.30. The Bertz CT molecular complexity index is 217. The van der Waals surface area contributed by atoms with Crippen molar-refractivity contribution in [3.8, 4) is 0 Å². The largest absolute Gasteiger partial charge is 0.469 e. The Kier molecular flexibility index (Phi) is 3.06. The third-order valence-corrected chi connectivity index (χ3v) is 3.69. The molecule has 0 aromatic rings. The first-order valence-corrected chi connectivity index (χ1v) is 5.62. The van der Waals surface area contributed by atoms with Crippen molar-refractivity contribution in [1.82, 2.24) is 5.32 Å². The average molecular weight is 197 g/mol. The van der Waals surface area contributed by atoms with Gasteiger partial charge in [0.1, 0.15) is 0 Å². The average Bonchev–Trinajstić information content (AvgIpc) is 2.27. The van der Waals surface area contributed by atoms with E-state index in [-0.39, 0.29) is 11.9 Å². The molecule has 0 aromatic carbocycles. The van der Waals surface area contributed by atoms with Crippen LogP contribution in [0.15, 0.2) is 0 Å². The van der Waals surface area contributed by atoms with Crippen LogP contribution in [0.3, 0.4) is 0 Å². The normalized spacial score (nSPS) is 37.4. The smallest absolute Gasteiger partial charge is 0.308 e. The Morgan fingerprint density at radius 3 is 3.00 bits per heavy atom. The van der Waals surface area contributed by atoms with Crippen molar-refractivity contribution >= 4 is 5.97 Å². The highest BCUT2D eigenvalue weighted by atomic mass is 16.5. The Morgan fingerprint density at radius 2 is 2.21 bits per heavy atom. The number of rotatable bonds is 1. The summed E-state index contributed by atoms with van der Waals surface area (Å²) in [5.41, 5.74) is 0. The Hall–Kier alpha value is -0.570. The van der Waals surface area contributed by atoms with Crippen molar-refractivity contribution in [1.29, 1.82) is 0 Å². The van der Waals surface area contributed by atoms with Gasteiger partial charge in [-0.3, -0.25) is 4.79 Å². The fraction of sp³-hybridized carbons (Fsp3) is 0.909. The topological polar surface area (TPSA) is 38.3 Å². The van der Waals surface area contributed by atoms with E-state index in [4.69, 9.17) is 4.74 Å². The van der Waals surface area contributed by atoms with Crippen LogP contribution in [0, 0.1) is 11.8 Å². The molecule has 2 fully saturated rings. The molecule has 3 atom stereocenters. The van der Waals surface area contributed by atoms with Gasteiger partial charge in [-0.1, -0.05) is 0 Å². The van der Waals surface area contributed by atoms with E-state index < -0.39 is 0 Å². The molecule has 80 valence electrons. The number of ether oxygens (including phenoxy) is 1. The van der Waals surface area contributed by atoms with Crippen molar-refractivity contribution < 1.29 is 9.53 Å². The Morgan fingerprint density at radius 1 is 1.36 bits per heavy atom. The lowest BCUT2D eigenvalue weighted by molar-refractivity contribution is -0.147. The molecule has 0 aromatic heterocycles. The molecule has 1 saturated carbocycles. The number of esters is 1. The van der Waals surface area contributed by atoms with Gasteiger partial charge in [0.15, 0.2) is 0 Å². The quantitative estimate of drug-likeness (QED) is 0.644. The highest BCUT2D eigenvalue weighted by molar-refractivity contribution is 5.72. The summed E-state index contributed by atoms with van der Waals surface area (Å²) in [5.74, 6) is 0.937. The first-order valence-electron chi connectivity index (χ1n) is 5.62. The minimum Gasteiger partial charge on any atom is -0.469 e. The number of methoxy groups -OCH3 is 1. The monoisotopic (exact) mass is 197 g/mol. The molecular weight excluding hydrogens is 178 g/mol. The summed E-state index contributed by atoms with van der Waals surface area (Å²) in [4.78, 5) is 11.4. The molecule has 1 heterocycles. The Labute approximate surface area is 85.2 Å². The SMILES string of the molecule is COC(=O)C1CCC2CCCNC2C1. The summed E-state index contributed by atoms with van der Waals surface area (Å²) in [6.45, 7) is 1.12. The molecular formula is C11H19NO2. The van der Waals surface area contributed by atoms with Gasteiger partial charge in [0.2, 0.25) is 0 Å². The minimum atomic E-state index is -0.0178. The van der Waals surface area contributed by atoms with Crippen molar-refractivity contribution in [2.24, 2.45) is 11.8 Å². The molecule has 14 heavy (non-hydrogen) atoms. The van der Waals surface area contributed by atoms with Crippen molar-refractivity contribution in [3.63, 3.8) is 0 Å². The van der Waals surface area contributed by atoms with Crippen LogP contribution in [0.2, 0.25) is 0 Å². The van der Waals surface area contributed by atoms with Crippen molar-refractivity contribution in [2.75, 3.05) is 13.7 Å². The lowest BCUT2D eigenvalue weighted by Gasteiger charge is -2.38. The first-order chi connectivity index (χ1) is 6.81. The van der Waals surface area contributed by atoms with Gasteiger partial charge in [-0.05, 0) is 44.6 Å². The summed E-state index contributed by atoms with van der Waals surface area (Å²) < 4.78 is 4.80. The minimum absolute atomic E-state index is 0.0178. The van der Waals surface area contributed by atoms with Crippen molar-refractivity contribution in [2.45, 2.75) is 38.1 Å². The number of nitrogens with one attached hydrogen (secondary N) is 1. The maximum atomic E-state index is 11.4. The van der Waals surface area contributed by atoms with Crippen LogP contribution in [-0.4, -0.2) is 25.7 Å². The number of carbonyl (C=O) groups excluding carboxylic acids is 1. The molecule has 1 N–H and O–H groups in total. The molecule has 1 saturated heterocycles. The van der Waals surface area contributed by atoms with Gasteiger partial charge in [0.25, 0.3) is 0 Å². The summed E-state index contributed by atoms with van der Waals surface area (Å²) in [6, 6.07) is 0.571. The first kappa shape index (κ1) is 9.97. The van der Waals surface area contributed by atoms with Crippen LogP contribution in [0.5, 0.6) is 0 Å². The maximum Gasteiger partial charge on any atom is 0.308 e. The number of fused-ring (bicyclic) bond motifs is 1. The fourth-order valence-electron chi connectivity index (χ4n) is 2.86. The Balaban J connectivity index is 1.92. The van der Waals surface area contributed by atoms with E-state index in [1.165, 1.54) is 26.4 Å². The molecule has 3 unspecified atom stereocenters. The molecule has 0 amide bonds. The van der Waals surface area contributed by atoms with Gasteiger partial charge in [-0.2, -0.15) is 0 Å². The van der Waals surface area contributed by atoms with Crippen LogP contribution < -0.4 is 5.32 Å². The van der Waals surface area contributed by atoms with Gasteiger partial charge in [0.05, 0.1) is 13.0 Å². The van der Waals surface area contributed by atoms with Gasteiger partial charge >= 0.3 is 5.97 Å². The van der Waals surface area contributed by atoms with E-state index in [0.29, 0.717) is 6.04 Å². The molecule has 2 aliphatic rings. The summed E-state index contributed by atoms with van der Waals surface area (Å²) >= 11 is 0. The second-order valence-corrected chi connectivity index (χ2v) is 4.50. The zero-order chi connectivity index (χ0) is 9.97. The van der Waals surface area contributed by atoms with E-state index in [0.717, 1.165) is 25.3 Å². The van der Waals surface area contributed by atoms with E-state index in [2.05, 4.69) is 5.32 Å². The standard InChI is InChI=1S/C11H19NO2/c1-14-11(13)9-5-4-8-3-2-6-12-10(8)7-9/h8-10,12H,2-7H2,1H3. The molecule has 1 aliphatic carbocycles. The summed E-state index contributed by atoms with van der Waals surface area (Å²) in [7, 11) is 1.49. The van der Waals surface area contributed by atoms with E-state index in [9.17, 15) is 4.79 Å². The predicted octanol–water partition coefficient (Wildman–Crippen LogP) is 1.33. The van der Waals surface area contributed by atoms with Crippen LogP contribution in [0.4, 0.5) is 0 Å². The molecule has 0 bridgehead atoms. The second-order valence-electron chi connectivity index (χ2n) is 4.50. The lowest BCUT2D eigenvalue weighted by atomic mass is 9.75. The number of hydrogen-bond donors (Lipinski definition) is 1.